The van der Waals surface area contributed by atoms with Gasteiger partial charge < -0.3 is 30.6 Å². The van der Waals surface area contributed by atoms with Crippen LogP contribution in [0.5, 0.6) is 11.5 Å². The van der Waals surface area contributed by atoms with E-state index in [-0.39, 0.29) is 29.1 Å². The molecular weight excluding hydrogens is 583 g/mol. The van der Waals surface area contributed by atoms with Gasteiger partial charge in [-0.2, -0.15) is 17.9 Å². The van der Waals surface area contributed by atoms with E-state index in [0.717, 1.165) is 11.1 Å². The molecular formula is C29H28F3N7O5. The number of nitrogen functional groups attached to an aromatic ring is 1. The molecule has 1 aromatic heterocycles. The minimum Gasteiger partial charge on any atom is -0.493 e. The monoisotopic (exact) mass is 611 g/mol. The fourth-order valence-corrected chi connectivity index (χ4v) is 4.56. The number of amides is 1. The van der Waals surface area contributed by atoms with Crippen molar-refractivity contribution < 1.29 is 32.2 Å². The van der Waals surface area contributed by atoms with Crippen LogP contribution in [0.1, 0.15) is 29.4 Å². The van der Waals surface area contributed by atoms with Crippen molar-refractivity contribution in [1.82, 2.24) is 14.8 Å². The van der Waals surface area contributed by atoms with Gasteiger partial charge in [-0.15, -0.1) is 5.10 Å². The third kappa shape index (κ3) is 6.67. The lowest BCUT2D eigenvalue weighted by atomic mass is 10.0. The van der Waals surface area contributed by atoms with Crippen LogP contribution in [0.4, 0.5) is 24.5 Å². The number of nitrogens with two attached hydrogens (primary N) is 1. The van der Waals surface area contributed by atoms with Gasteiger partial charge in [0.1, 0.15) is 18.0 Å². The van der Waals surface area contributed by atoms with Crippen molar-refractivity contribution in [3.05, 3.63) is 94.2 Å². The minimum absolute atomic E-state index is 0.0812. The number of ether oxygens (including phenoxy) is 3. The summed E-state index contributed by atoms with van der Waals surface area (Å²) >= 11 is 0. The molecule has 15 heteroatoms. The van der Waals surface area contributed by atoms with Gasteiger partial charge in [-0.25, -0.2) is 4.79 Å². The zero-order valence-electron chi connectivity index (χ0n) is 23.3. The average molecular weight is 612 g/mol. The number of nitrogens with one attached hydrogen (secondary N) is 4. The second-order valence-corrected chi connectivity index (χ2v) is 9.78. The van der Waals surface area contributed by atoms with Crippen LogP contribution in [-0.4, -0.2) is 59.1 Å². The van der Waals surface area contributed by atoms with E-state index in [9.17, 15) is 22.8 Å². The Morgan fingerprint density at radius 3 is 2.57 bits per heavy atom. The Morgan fingerprint density at radius 2 is 1.91 bits per heavy atom. The first-order valence-corrected chi connectivity index (χ1v) is 13.3. The summed E-state index contributed by atoms with van der Waals surface area (Å²) in [4.78, 5) is 27.5. The quantitative estimate of drug-likeness (QED) is 0.134. The smallest absolute Gasteiger partial charge is 0.471 e. The fraction of sp³-hybridized carbons (Fsp3) is 0.241. The van der Waals surface area contributed by atoms with Gasteiger partial charge in [0, 0.05) is 17.7 Å². The van der Waals surface area contributed by atoms with E-state index in [2.05, 4.69) is 15.4 Å². The van der Waals surface area contributed by atoms with Crippen molar-refractivity contribution >= 4 is 23.1 Å². The van der Waals surface area contributed by atoms with Crippen LogP contribution < -0.4 is 31.5 Å². The number of rotatable bonds is 10. The molecule has 230 valence electrons. The molecule has 0 bridgehead atoms. The summed E-state index contributed by atoms with van der Waals surface area (Å²) in [6, 6.07) is 16.5. The van der Waals surface area contributed by atoms with E-state index in [4.69, 9.17) is 25.4 Å². The van der Waals surface area contributed by atoms with Crippen molar-refractivity contribution in [2.24, 2.45) is 5.73 Å². The fourth-order valence-electron chi connectivity index (χ4n) is 4.56. The number of carbonyl (C=O) groups is 1. The molecule has 0 aliphatic carbocycles. The van der Waals surface area contributed by atoms with Gasteiger partial charge >= 0.3 is 17.8 Å². The van der Waals surface area contributed by atoms with Crippen molar-refractivity contribution in [1.29, 1.82) is 5.41 Å². The molecule has 6 N–H and O–H groups in total. The Bertz CT molecular complexity index is 1710. The third-order valence-electron chi connectivity index (χ3n) is 6.76. The van der Waals surface area contributed by atoms with Crippen LogP contribution in [0.2, 0.25) is 0 Å². The van der Waals surface area contributed by atoms with E-state index < -0.39 is 23.8 Å². The summed E-state index contributed by atoms with van der Waals surface area (Å²) < 4.78 is 56.8. The Balaban J connectivity index is 1.54. The highest BCUT2D eigenvalue weighted by Gasteiger charge is 2.39. The van der Waals surface area contributed by atoms with Crippen LogP contribution in [0, 0.1) is 5.41 Å². The van der Waals surface area contributed by atoms with Gasteiger partial charge in [-0.05, 0) is 54.1 Å². The molecule has 2 unspecified atom stereocenters. The molecule has 1 saturated heterocycles. The molecule has 12 nitrogen and oxygen atoms in total. The molecule has 1 aliphatic heterocycles. The number of H-pyrrole nitrogens is 1. The highest BCUT2D eigenvalue weighted by molar-refractivity contribution is 5.96. The molecule has 0 radical (unpaired) electrons. The number of carbonyl (C=O) groups excluding carboxylic acids is 1. The van der Waals surface area contributed by atoms with Crippen LogP contribution in [0.3, 0.4) is 0 Å². The van der Waals surface area contributed by atoms with Crippen LogP contribution in [0.25, 0.3) is 5.69 Å². The number of halogens is 3. The van der Waals surface area contributed by atoms with Gasteiger partial charge in [0.15, 0.2) is 17.3 Å². The highest BCUT2D eigenvalue weighted by atomic mass is 19.4. The maximum Gasteiger partial charge on any atom is 0.471 e. The Labute approximate surface area is 248 Å². The van der Waals surface area contributed by atoms with Gasteiger partial charge in [0.05, 0.1) is 31.7 Å². The van der Waals surface area contributed by atoms with Crippen LogP contribution in [0.15, 0.2) is 71.5 Å². The number of aromatic nitrogens is 3. The molecule has 1 aliphatic rings. The Hall–Kier alpha value is -5.31. The zero-order chi connectivity index (χ0) is 31.4. The van der Waals surface area contributed by atoms with Crippen molar-refractivity contribution in [3.8, 4) is 17.2 Å². The van der Waals surface area contributed by atoms with E-state index in [1.807, 2.05) is 0 Å². The summed E-state index contributed by atoms with van der Waals surface area (Å²) in [5.74, 6) is -1.30. The van der Waals surface area contributed by atoms with E-state index in [1.54, 1.807) is 47.8 Å². The van der Waals surface area contributed by atoms with Crippen molar-refractivity contribution in [2.45, 2.75) is 24.7 Å². The molecule has 0 saturated carbocycles. The van der Waals surface area contributed by atoms with E-state index in [1.165, 1.54) is 31.4 Å². The average Bonchev–Trinajstić information content (AvgIpc) is 3.65. The second-order valence-electron chi connectivity index (χ2n) is 9.78. The Kier molecular flexibility index (Phi) is 8.57. The zero-order valence-corrected chi connectivity index (χ0v) is 23.3. The summed E-state index contributed by atoms with van der Waals surface area (Å²) in [6.07, 6.45) is -4.54. The van der Waals surface area contributed by atoms with E-state index in [0.29, 0.717) is 41.5 Å². The topological polar surface area (TPSA) is 169 Å². The number of aromatic amines is 1. The highest BCUT2D eigenvalue weighted by Crippen LogP contribution is 2.35. The SMILES string of the molecule is COc1cc(C(Nc2ccc(C(=N)N)cc2)c2nn(-c3ccccc3NC(=O)C(F)(F)F)c(=O)[nH]2)ccc1OC1CCOC1. The number of para-hydroxylation sites is 2. The third-order valence-corrected chi connectivity index (χ3v) is 6.76. The van der Waals surface area contributed by atoms with Gasteiger partial charge in [-0.1, -0.05) is 18.2 Å². The number of alkyl halides is 3. The summed E-state index contributed by atoms with van der Waals surface area (Å²) in [7, 11) is 1.49. The van der Waals surface area contributed by atoms with Crippen molar-refractivity contribution in [2.75, 3.05) is 31.0 Å². The lowest BCUT2D eigenvalue weighted by molar-refractivity contribution is -0.167. The molecule has 2 atom stereocenters. The number of methoxy groups -OCH3 is 1. The first-order valence-electron chi connectivity index (χ1n) is 13.3. The number of anilines is 2. The molecule has 1 fully saturated rings. The van der Waals surface area contributed by atoms with Gasteiger partial charge in [-0.3, -0.25) is 15.2 Å². The normalized spacial score (nSPS) is 15.4. The summed E-state index contributed by atoms with van der Waals surface area (Å²) in [5.41, 5.74) is 6.14. The number of nitrogens with zero attached hydrogens (tertiary/aromatic N) is 2. The minimum atomic E-state index is -5.14. The summed E-state index contributed by atoms with van der Waals surface area (Å²) in [6.45, 7) is 1.05. The maximum absolute atomic E-state index is 13.1. The molecule has 4 aromatic rings. The predicted octanol–water partition coefficient (Wildman–Crippen LogP) is 3.72. The molecule has 44 heavy (non-hydrogen) atoms. The largest absolute Gasteiger partial charge is 0.493 e. The van der Waals surface area contributed by atoms with Crippen molar-refractivity contribution in [3.63, 3.8) is 0 Å². The summed E-state index contributed by atoms with van der Waals surface area (Å²) in [5, 5.41) is 17.1. The van der Waals surface area contributed by atoms with Crippen LogP contribution in [-0.2, 0) is 9.53 Å². The molecule has 1 amide bonds. The molecule has 5 rings (SSSR count). The van der Waals surface area contributed by atoms with Gasteiger partial charge in [0.2, 0.25) is 0 Å². The Morgan fingerprint density at radius 1 is 1.16 bits per heavy atom. The van der Waals surface area contributed by atoms with E-state index >= 15 is 0 Å². The second kappa shape index (κ2) is 12.5. The lowest BCUT2D eigenvalue weighted by Crippen LogP contribution is -2.30. The molecule has 0 spiro atoms. The maximum atomic E-state index is 13.1. The standard InChI is InChI=1S/C29H28F3N7O5/c1-42-23-14-17(8-11-22(23)44-19-12-13-43-15-19)24(35-18-9-6-16(7-10-18)25(33)34)26-37-28(41)39(38-26)21-5-3-2-4-20(21)36-27(40)29(30,31)32/h2-11,14,19,24,35H,12-13,15H2,1H3,(H3,33,34)(H,36,40)(H,37,38,41). The molecule has 2 heterocycles. The number of hydrogen-bond donors (Lipinski definition) is 5. The first kappa shape index (κ1) is 30.2. The number of amidine groups is 1. The number of hydrogen-bond acceptors (Lipinski definition) is 8. The van der Waals surface area contributed by atoms with Gasteiger partial charge in [0.25, 0.3) is 0 Å². The lowest BCUT2D eigenvalue weighted by Gasteiger charge is -2.21. The number of benzene rings is 3. The first-order chi connectivity index (χ1) is 21.0. The van der Waals surface area contributed by atoms with Crippen LogP contribution >= 0.6 is 0 Å². The molecule has 3 aromatic carbocycles. The predicted molar refractivity (Wildman–Crippen MR) is 155 cm³/mol.